The van der Waals surface area contributed by atoms with E-state index < -0.39 is 0 Å². The van der Waals surface area contributed by atoms with Gasteiger partial charge in [0.2, 0.25) is 0 Å². The number of carbonyl (C=O) groups excluding carboxylic acids is 2. The van der Waals surface area contributed by atoms with E-state index in [1.165, 1.54) is 38.5 Å². The molecule has 6 heteroatoms. The third kappa shape index (κ3) is 6.29. The molecule has 2 aliphatic carbocycles. The summed E-state index contributed by atoms with van der Waals surface area (Å²) in [6, 6.07) is 6.52. The second kappa shape index (κ2) is 10.7. The summed E-state index contributed by atoms with van der Waals surface area (Å²) in [6.07, 6.45) is 15.8. The molecule has 0 atom stereocenters. The van der Waals surface area contributed by atoms with Crippen molar-refractivity contribution in [2.24, 2.45) is 22.0 Å². The topological polar surface area (TPSA) is 82.9 Å². The van der Waals surface area contributed by atoms with E-state index in [0.29, 0.717) is 23.0 Å². The normalized spacial score (nSPS) is 19.1. The Balaban J connectivity index is 1.45. The Morgan fingerprint density at radius 2 is 1.04 bits per heavy atom. The summed E-state index contributed by atoms with van der Waals surface area (Å²) in [7, 11) is 0. The quantitative estimate of drug-likeness (QED) is 0.569. The number of benzene rings is 1. The fourth-order valence-corrected chi connectivity index (χ4v) is 3.87. The first-order valence-corrected chi connectivity index (χ1v) is 10.5. The molecular weight excluding hydrogens is 352 g/mol. The first kappa shape index (κ1) is 20.2. The Kier molecular flexibility index (Phi) is 7.76. The highest BCUT2D eigenvalue weighted by Crippen LogP contribution is 2.22. The molecule has 0 spiro atoms. The van der Waals surface area contributed by atoms with Crippen LogP contribution in [0.3, 0.4) is 0 Å². The van der Waals surface area contributed by atoms with E-state index in [4.69, 9.17) is 0 Å². The molecule has 2 amide bonds. The third-order valence-electron chi connectivity index (χ3n) is 5.61. The molecule has 0 bridgehead atoms. The molecule has 2 N–H and O–H groups in total. The van der Waals surface area contributed by atoms with Gasteiger partial charge in [-0.2, -0.15) is 10.2 Å². The van der Waals surface area contributed by atoms with Crippen molar-refractivity contribution in [3.8, 4) is 0 Å². The standard InChI is InChI=1S/C22H30N4O2/c27-21(25-23-15-17-7-3-1-4-8-17)19-11-13-20(14-12-19)22(28)26-24-16-18-9-5-2-6-10-18/h11-18H,1-10H2,(H,25,27)(H,26,28). The van der Waals surface area contributed by atoms with Crippen molar-refractivity contribution < 1.29 is 9.59 Å². The van der Waals surface area contributed by atoms with Crippen molar-refractivity contribution in [2.45, 2.75) is 64.2 Å². The highest BCUT2D eigenvalue weighted by atomic mass is 16.2. The fraction of sp³-hybridized carbons (Fsp3) is 0.545. The summed E-state index contributed by atoms with van der Waals surface area (Å²) in [4.78, 5) is 24.3. The second-order valence-corrected chi connectivity index (χ2v) is 7.81. The van der Waals surface area contributed by atoms with E-state index in [9.17, 15) is 9.59 Å². The minimum Gasteiger partial charge on any atom is -0.267 e. The van der Waals surface area contributed by atoms with Crippen LogP contribution in [0.4, 0.5) is 0 Å². The maximum atomic E-state index is 12.2. The molecule has 2 saturated carbocycles. The van der Waals surface area contributed by atoms with Crippen molar-refractivity contribution >= 4 is 24.2 Å². The van der Waals surface area contributed by atoms with Crippen LogP contribution in [0.2, 0.25) is 0 Å². The molecular formula is C22H30N4O2. The van der Waals surface area contributed by atoms with Crippen LogP contribution in [0.15, 0.2) is 34.5 Å². The van der Waals surface area contributed by atoms with Gasteiger partial charge in [0.05, 0.1) is 0 Å². The maximum Gasteiger partial charge on any atom is 0.271 e. The molecule has 28 heavy (non-hydrogen) atoms. The fourth-order valence-electron chi connectivity index (χ4n) is 3.87. The number of nitrogens with zero attached hydrogens (tertiary/aromatic N) is 2. The van der Waals surface area contributed by atoms with E-state index in [-0.39, 0.29) is 11.8 Å². The smallest absolute Gasteiger partial charge is 0.267 e. The zero-order valence-electron chi connectivity index (χ0n) is 16.4. The molecule has 0 radical (unpaired) electrons. The molecule has 0 saturated heterocycles. The van der Waals surface area contributed by atoms with Crippen LogP contribution in [0.25, 0.3) is 0 Å². The number of amides is 2. The molecule has 0 unspecified atom stereocenters. The van der Waals surface area contributed by atoms with Gasteiger partial charge in [0.1, 0.15) is 0 Å². The average Bonchev–Trinajstić information content (AvgIpc) is 2.75. The number of rotatable bonds is 6. The minimum atomic E-state index is -0.269. The number of hydrazone groups is 2. The van der Waals surface area contributed by atoms with Gasteiger partial charge in [0, 0.05) is 23.6 Å². The van der Waals surface area contributed by atoms with Crippen LogP contribution in [0, 0.1) is 11.8 Å². The number of nitrogens with one attached hydrogen (secondary N) is 2. The SMILES string of the molecule is O=C(NN=CC1CCCCC1)c1ccc(C(=O)NN=CC2CCCCC2)cc1. The zero-order chi connectivity index (χ0) is 19.6. The van der Waals surface area contributed by atoms with Crippen LogP contribution in [-0.4, -0.2) is 24.2 Å². The number of hydrogen-bond acceptors (Lipinski definition) is 4. The Morgan fingerprint density at radius 3 is 1.39 bits per heavy atom. The van der Waals surface area contributed by atoms with E-state index in [0.717, 1.165) is 25.7 Å². The van der Waals surface area contributed by atoms with Crippen LogP contribution < -0.4 is 10.9 Å². The number of carbonyl (C=O) groups is 2. The Morgan fingerprint density at radius 1 is 0.679 bits per heavy atom. The lowest BCUT2D eigenvalue weighted by atomic mass is 9.90. The second-order valence-electron chi connectivity index (χ2n) is 7.81. The van der Waals surface area contributed by atoms with Gasteiger partial charge in [-0.05, 0) is 61.8 Å². The summed E-state index contributed by atoms with van der Waals surface area (Å²) in [5.74, 6) is 0.396. The largest absolute Gasteiger partial charge is 0.271 e. The number of hydrogen-bond donors (Lipinski definition) is 2. The lowest BCUT2D eigenvalue weighted by Crippen LogP contribution is -2.21. The Labute approximate surface area is 166 Å². The van der Waals surface area contributed by atoms with Gasteiger partial charge in [0.25, 0.3) is 11.8 Å². The van der Waals surface area contributed by atoms with E-state index >= 15 is 0 Å². The average molecular weight is 383 g/mol. The zero-order valence-corrected chi connectivity index (χ0v) is 16.4. The first-order chi connectivity index (χ1) is 13.7. The molecule has 0 aromatic heterocycles. The third-order valence-corrected chi connectivity index (χ3v) is 5.61. The summed E-state index contributed by atoms with van der Waals surface area (Å²) < 4.78 is 0. The molecule has 2 aliphatic rings. The molecule has 6 nitrogen and oxygen atoms in total. The highest BCUT2D eigenvalue weighted by Gasteiger charge is 2.13. The molecule has 0 heterocycles. The van der Waals surface area contributed by atoms with E-state index in [1.807, 2.05) is 12.4 Å². The van der Waals surface area contributed by atoms with Gasteiger partial charge < -0.3 is 0 Å². The van der Waals surface area contributed by atoms with Gasteiger partial charge >= 0.3 is 0 Å². The lowest BCUT2D eigenvalue weighted by Gasteiger charge is -2.16. The summed E-state index contributed by atoms with van der Waals surface area (Å²) >= 11 is 0. The molecule has 3 rings (SSSR count). The molecule has 0 aliphatic heterocycles. The first-order valence-electron chi connectivity index (χ1n) is 10.5. The van der Waals surface area contributed by atoms with Crippen molar-refractivity contribution in [2.75, 3.05) is 0 Å². The van der Waals surface area contributed by atoms with Gasteiger partial charge in [-0.15, -0.1) is 0 Å². The van der Waals surface area contributed by atoms with E-state index in [2.05, 4.69) is 21.1 Å². The van der Waals surface area contributed by atoms with Crippen LogP contribution in [-0.2, 0) is 0 Å². The summed E-state index contributed by atoms with van der Waals surface area (Å²) in [5, 5.41) is 8.18. The predicted octanol–water partition coefficient (Wildman–Crippen LogP) is 4.28. The highest BCUT2D eigenvalue weighted by molar-refractivity contribution is 5.98. The predicted molar refractivity (Wildman–Crippen MR) is 112 cm³/mol. The molecule has 2 fully saturated rings. The van der Waals surface area contributed by atoms with Crippen molar-refractivity contribution in [1.29, 1.82) is 0 Å². The van der Waals surface area contributed by atoms with Crippen molar-refractivity contribution in [3.63, 3.8) is 0 Å². The maximum absolute atomic E-state index is 12.2. The Hall–Kier alpha value is -2.50. The van der Waals surface area contributed by atoms with Crippen LogP contribution in [0.1, 0.15) is 84.9 Å². The van der Waals surface area contributed by atoms with Gasteiger partial charge in [-0.1, -0.05) is 38.5 Å². The lowest BCUT2D eigenvalue weighted by molar-refractivity contribution is 0.0943. The van der Waals surface area contributed by atoms with Gasteiger partial charge in [0.15, 0.2) is 0 Å². The van der Waals surface area contributed by atoms with Gasteiger partial charge in [-0.3, -0.25) is 9.59 Å². The van der Waals surface area contributed by atoms with Crippen molar-refractivity contribution in [3.05, 3.63) is 35.4 Å². The monoisotopic (exact) mass is 382 g/mol. The minimum absolute atomic E-state index is 0.269. The van der Waals surface area contributed by atoms with Gasteiger partial charge in [-0.25, -0.2) is 10.9 Å². The van der Waals surface area contributed by atoms with Crippen molar-refractivity contribution in [1.82, 2.24) is 10.9 Å². The van der Waals surface area contributed by atoms with Crippen LogP contribution >= 0.6 is 0 Å². The molecule has 1 aromatic rings. The Bertz CT molecular complexity index is 639. The summed E-state index contributed by atoms with van der Waals surface area (Å²) in [5.41, 5.74) is 6.09. The van der Waals surface area contributed by atoms with E-state index in [1.54, 1.807) is 24.3 Å². The van der Waals surface area contributed by atoms with Crippen LogP contribution in [0.5, 0.6) is 0 Å². The molecule has 150 valence electrons. The summed E-state index contributed by atoms with van der Waals surface area (Å²) in [6.45, 7) is 0. The molecule has 1 aromatic carbocycles.